The summed E-state index contributed by atoms with van der Waals surface area (Å²) in [7, 11) is -3.23. The second kappa shape index (κ2) is 5.01. The van der Waals surface area contributed by atoms with Crippen LogP contribution in [0.3, 0.4) is 0 Å². The first-order valence-corrected chi connectivity index (χ1v) is 6.62. The van der Waals surface area contributed by atoms with E-state index in [0.717, 1.165) is 6.26 Å². The Labute approximate surface area is 99.8 Å². The summed E-state index contributed by atoms with van der Waals surface area (Å²) in [6.07, 6.45) is 0.927. The van der Waals surface area contributed by atoms with Crippen LogP contribution >= 0.6 is 0 Å². The highest BCUT2D eigenvalue weighted by molar-refractivity contribution is 7.90. The van der Waals surface area contributed by atoms with Gasteiger partial charge in [0.2, 0.25) is 0 Å². The van der Waals surface area contributed by atoms with E-state index in [9.17, 15) is 13.2 Å². The van der Waals surface area contributed by atoms with Gasteiger partial charge in [-0.1, -0.05) is 18.7 Å². The molecular formula is C11H13NO4S. The van der Waals surface area contributed by atoms with Crippen LogP contribution in [-0.4, -0.2) is 20.8 Å². The summed E-state index contributed by atoms with van der Waals surface area (Å²) in [5, 5.41) is 0. The highest BCUT2D eigenvalue weighted by Crippen LogP contribution is 2.20. The second-order valence-corrected chi connectivity index (χ2v) is 5.45. The van der Waals surface area contributed by atoms with Crippen LogP contribution in [0.25, 0.3) is 0 Å². The van der Waals surface area contributed by atoms with Crippen LogP contribution in [0, 0.1) is 0 Å². The summed E-state index contributed by atoms with van der Waals surface area (Å²) in [6, 6.07) is 5.97. The quantitative estimate of drug-likeness (QED) is 0.824. The van der Waals surface area contributed by atoms with Crippen LogP contribution < -0.4 is 5.73 Å². The third-order valence-corrected chi connectivity index (χ3v) is 3.22. The Bertz CT molecular complexity index is 519. The van der Waals surface area contributed by atoms with E-state index >= 15 is 0 Å². The lowest BCUT2D eigenvalue weighted by Gasteiger charge is -2.12. The molecule has 17 heavy (non-hydrogen) atoms. The third kappa shape index (κ3) is 3.60. The van der Waals surface area contributed by atoms with E-state index < -0.39 is 22.0 Å². The van der Waals surface area contributed by atoms with Crippen LogP contribution in [0.5, 0.6) is 0 Å². The average molecular weight is 255 g/mol. The molecule has 0 saturated carbocycles. The number of nitrogens with two attached hydrogens (primary N) is 1. The smallest absolute Gasteiger partial charge is 0.405 e. The van der Waals surface area contributed by atoms with Gasteiger partial charge in [0.15, 0.2) is 9.84 Å². The number of ether oxygens (including phenoxy) is 1. The van der Waals surface area contributed by atoms with Crippen LogP contribution in [0.15, 0.2) is 41.8 Å². The molecule has 0 unspecified atom stereocenters. The van der Waals surface area contributed by atoms with E-state index in [-0.39, 0.29) is 4.90 Å². The molecule has 92 valence electrons. The van der Waals surface area contributed by atoms with Crippen molar-refractivity contribution in [2.24, 2.45) is 5.73 Å². The molecule has 0 aliphatic rings. The Balaban J connectivity index is 3.01. The summed E-state index contributed by atoms with van der Waals surface area (Å²) >= 11 is 0. The zero-order chi connectivity index (χ0) is 13.1. The Kier molecular flexibility index (Phi) is 3.90. The van der Waals surface area contributed by atoms with Crippen molar-refractivity contribution in [1.82, 2.24) is 0 Å². The van der Waals surface area contributed by atoms with Crippen molar-refractivity contribution in [3.63, 3.8) is 0 Å². The Morgan fingerprint density at radius 1 is 1.41 bits per heavy atom. The van der Waals surface area contributed by atoms with Crippen LogP contribution in [-0.2, 0) is 14.6 Å². The normalized spacial score (nSPS) is 12.8. The number of primary amides is 1. The molecule has 5 nitrogen and oxygen atoms in total. The summed E-state index contributed by atoms with van der Waals surface area (Å²) in [6.45, 7) is 3.51. The van der Waals surface area contributed by atoms with Gasteiger partial charge in [0.25, 0.3) is 0 Å². The Hall–Kier alpha value is -1.82. The number of benzene rings is 1. The summed E-state index contributed by atoms with van der Waals surface area (Å²) in [4.78, 5) is 10.8. The van der Waals surface area contributed by atoms with Crippen molar-refractivity contribution in [2.45, 2.75) is 11.0 Å². The molecule has 0 aromatic heterocycles. The number of carbonyl (C=O) groups excluding carboxylic acids is 1. The summed E-state index contributed by atoms with van der Waals surface area (Å²) < 4.78 is 27.3. The third-order valence-electron chi connectivity index (χ3n) is 2.09. The number of rotatable bonds is 4. The van der Waals surface area contributed by atoms with Gasteiger partial charge in [0.05, 0.1) is 4.90 Å². The number of hydrogen-bond acceptors (Lipinski definition) is 4. The largest absolute Gasteiger partial charge is 0.437 e. The van der Waals surface area contributed by atoms with E-state index in [2.05, 4.69) is 6.58 Å². The topological polar surface area (TPSA) is 86.5 Å². The molecule has 0 fully saturated rings. The van der Waals surface area contributed by atoms with E-state index in [1.54, 1.807) is 12.1 Å². The maximum atomic E-state index is 11.2. The maximum absolute atomic E-state index is 11.2. The molecule has 2 N–H and O–H groups in total. The highest BCUT2D eigenvalue weighted by Gasteiger charge is 2.12. The molecule has 0 saturated heterocycles. The van der Waals surface area contributed by atoms with Gasteiger partial charge in [0.1, 0.15) is 6.10 Å². The second-order valence-electron chi connectivity index (χ2n) is 3.43. The lowest BCUT2D eigenvalue weighted by molar-refractivity contribution is 0.130. The highest BCUT2D eigenvalue weighted by atomic mass is 32.2. The first-order valence-electron chi connectivity index (χ1n) is 4.73. The van der Waals surface area contributed by atoms with E-state index in [1.807, 2.05) is 0 Å². The molecule has 0 spiro atoms. The molecule has 1 aromatic carbocycles. The van der Waals surface area contributed by atoms with Gasteiger partial charge in [-0.3, -0.25) is 0 Å². The molecule has 0 bridgehead atoms. The summed E-state index contributed by atoms with van der Waals surface area (Å²) in [5.41, 5.74) is 5.50. The van der Waals surface area contributed by atoms with E-state index in [1.165, 1.54) is 18.2 Å². The SMILES string of the molecule is C=C[C@H](OC(N)=O)c1ccc(S(C)(=O)=O)cc1. The van der Waals surface area contributed by atoms with Crippen molar-refractivity contribution in [3.05, 3.63) is 42.5 Å². The van der Waals surface area contributed by atoms with Crippen molar-refractivity contribution < 1.29 is 17.9 Å². The van der Waals surface area contributed by atoms with Crippen LogP contribution in [0.2, 0.25) is 0 Å². The zero-order valence-corrected chi connectivity index (χ0v) is 10.1. The minimum Gasteiger partial charge on any atom is -0.437 e. The monoisotopic (exact) mass is 255 g/mol. The molecular weight excluding hydrogens is 242 g/mol. The fraction of sp³-hybridized carbons (Fsp3) is 0.182. The molecule has 0 aliphatic heterocycles. The van der Waals surface area contributed by atoms with E-state index in [4.69, 9.17) is 10.5 Å². The molecule has 6 heteroatoms. The number of sulfone groups is 1. The molecule has 1 rings (SSSR count). The van der Waals surface area contributed by atoms with Crippen LogP contribution in [0.4, 0.5) is 4.79 Å². The lowest BCUT2D eigenvalue weighted by atomic mass is 10.1. The minimum atomic E-state index is -3.23. The minimum absolute atomic E-state index is 0.197. The first kappa shape index (κ1) is 13.2. The van der Waals surface area contributed by atoms with Gasteiger partial charge in [-0.25, -0.2) is 13.2 Å². The fourth-order valence-electron chi connectivity index (χ4n) is 1.28. The standard InChI is InChI=1S/C11H13NO4S/c1-3-10(16-11(12)13)8-4-6-9(7-5-8)17(2,14)15/h3-7,10H,1H2,2H3,(H2,12,13)/t10-/m0/s1. The van der Waals surface area contributed by atoms with Crippen molar-refractivity contribution >= 4 is 15.9 Å². The maximum Gasteiger partial charge on any atom is 0.405 e. The number of carbonyl (C=O) groups is 1. The molecule has 1 aromatic rings. The van der Waals surface area contributed by atoms with Crippen molar-refractivity contribution in [2.75, 3.05) is 6.26 Å². The van der Waals surface area contributed by atoms with Gasteiger partial charge in [-0.2, -0.15) is 0 Å². The van der Waals surface area contributed by atoms with Crippen molar-refractivity contribution in [1.29, 1.82) is 0 Å². The predicted molar refractivity (Wildman–Crippen MR) is 63.2 cm³/mol. The van der Waals surface area contributed by atoms with Gasteiger partial charge >= 0.3 is 6.09 Å². The summed E-state index contributed by atoms with van der Waals surface area (Å²) in [5.74, 6) is 0. The van der Waals surface area contributed by atoms with E-state index in [0.29, 0.717) is 5.56 Å². The Morgan fingerprint density at radius 3 is 2.29 bits per heavy atom. The van der Waals surface area contributed by atoms with Crippen molar-refractivity contribution in [3.8, 4) is 0 Å². The molecule has 1 atom stereocenters. The van der Waals surface area contributed by atoms with Gasteiger partial charge in [-0.15, -0.1) is 0 Å². The molecule has 0 aliphatic carbocycles. The predicted octanol–water partition coefficient (Wildman–Crippen LogP) is 1.41. The number of hydrogen-bond donors (Lipinski definition) is 1. The fourth-order valence-corrected chi connectivity index (χ4v) is 1.91. The zero-order valence-electron chi connectivity index (χ0n) is 9.29. The molecule has 0 heterocycles. The first-order chi connectivity index (χ1) is 7.84. The Morgan fingerprint density at radius 2 is 1.94 bits per heavy atom. The lowest BCUT2D eigenvalue weighted by Crippen LogP contribution is -2.16. The average Bonchev–Trinajstić information content (AvgIpc) is 2.24. The van der Waals surface area contributed by atoms with Gasteiger partial charge < -0.3 is 10.5 Å². The number of amides is 1. The van der Waals surface area contributed by atoms with Gasteiger partial charge in [-0.05, 0) is 23.8 Å². The molecule has 1 amide bonds. The molecule has 0 radical (unpaired) electrons. The van der Waals surface area contributed by atoms with Crippen LogP contribution in [0.1, 0.15) is 11.7 Å². The van der Waals surface area contributed by atoms with Gasteiger partial charge in [0, 0.05) is 6.26 Å².